The van der Waals surface area contributed by atoms with E-state index in [4.69, 9.17) is 0 Å². The van der Waals surface area contributed by atoms with Crippen molar-refractivity contribution in [3.63, 3.8) is 0 Å². The minimum absolute atomic E-state index is 0.00789. The summed E-state index contributed by atoms with van der Waals surface area (Å²) < 4.78 is 48.2. The van der Waals surface area contributed by atoms with Crippen LogP contribution >= 0.6 is 0 Å². The Morgan fingerprint density at radius 1 is 1.30 bits per heavy atom. The smallest absolute Gasteiger partial charge is 0.305 e. The minimum Gasteiger partial charge on any atom is -0.313 e. The van der Waals surface area contributed by atoms with Crippen molar-refractivity contribution in [1.82, 2.24) is 5.32 Å². The molecular weight excluding hydrogens is 294 g/mol. The van der Waals surface area contributed by atoms with Crippen molar-refractivity contribution >= 4 is 15.5 Å². The third-order valence-electron chi connectivity index (χ3n) is 2.50. The maximum absolute atomic E-state index is 13.4. The molecule has 1 N–H and O–H groups in total. The molecule has 0 spiro atoms. The van der Waals surface area contributed by atoms with Gasteiger partial charge < -0.3 is 5.32 Å². The van der Waals surface area contributed by atoms with Crippen LogP contribution in [0.1, 0.15) is 12.0 Å². The van der Waals surface area contributed by atoms with Gasteiger partial charge in [-0.3, -0.25) is 10.1 Å². The average molecular weight is 308 g/mol. The number of nitro benzene ring substituents is 1. The third kappa shape index (κ3) is 5.17. The molecule has 0 fully saturated rings. The number of rotatable bonds is 7. The van der Waals surface area contributed by atoms with E-state index in [1.807, 2.05) is 0 Å². The maximum atomic E-state index is 13.4. The summed E-state index contributed by atoms with van der Waals surface area (Å²) in [6, 6.07) is 1.29. The molecule has 0 saturated carbocycles. The molecule has 0 heterocycles. The Hall–Kier alpha value is -1.61. The zero-order chi connectivity index (χ0) is 15.3. The predicted octanol–water partition coefficient (Wildman–Crippen LogP) is 1.40. The molecule has 9 heteroatoms. The molecule has 112 valence electrons. The highest BCUT2D eigenvalue weighted by Gasteiger charge is 2.18. The van der Waals surface area contributed by atoms with Crippen LogP contribution in [-0.4, -0.2) is 31.9 Å². The van der Waals surface area contributed by atoms with Crippen LogP contribution in [-0.2, 0) is 16.4 Å². The molecule has 0 aliphatic rings. The quantitative estimate of drug-likeness (QED) is 0.467. The van der Waals surface area contributed by atoms with Gasteiger partial charge in [-0.25, -0.2) is 12.8 Å². The molecular formula is C11H14F2N2O4S. The second-order valence-electron chi connectivity index (χ2n) is 4.31. The molecule has 0 bridgehead atoms. The van der Waals surface area contributed by atoms with Crippen LogP contribution in [0.3, 0.4) is 0 Å². The molecule has 1 aromatic carbocycles. The molecule has 0 amide bonds. The number of nitrogens with zero attached hydrogens (tertiary/aromatic N) is 1. The Labute approximate surface area is 114 Å². The van der Waals surface area contributed by atoms with E-state index in [2.05, 4.69) is 5.32 Å². The number of nitro groups is 1. The first-order chi connectivity index (χ1) is 9.20. The lowest BCUT2D eigenvalue weighted by atomic mass is 10.1. The van der Waals surface area contributed by atoms with Crippen LogP contribution in [0, 0.1) is 21.7 Å². The van der Waals surface area contributed by atoms with Gasteiger partial charge in [0.25, 0.3) is 0 Å². The Kier molecular flexibility index (Phi) is 5.52. The summed E-state index contributed by atoms with van der Waals surface area (Å²) in [5, 5.41) is 13.3. The SMILES string of the molecule is CS(=O)(=O)CCCNCc1cc([N+](=O)[O-])c(F)cc1F. The summed E-state index contributed by atoms with van der Waals surface area (Å²) in [4.78, 5) is 9.60. The summed E-state index contributed by atoms with van der Waals surface area (Å²) in [6.07, 6.45) is 1.44. The van der Waals surface area contributed by atoms with Crippen LogP contribution < -0.4 is 5.32 Å². The first-order valence-electron chi connectivity index (χ1n) is 5.71. The van der Waals surface area contributed by atoms with Crippen molar-refractivity contribution in [3.8, 4) is 0 Å². The van der Waals surface area contributed by atoms with E-state index in [0.29, 0.717) is 19.0 Å². The second kappa shape index (κ2) is 6.71. The lowest BCUT2D eigenvalue weighted by molar-refractivity contribution is -0.387. The molecule has 0 atom stereocenters. The van der Waals surface area contributed by atoms with Crippen LogP contribution in [0.25, 0.3) is 0 Å². The summed E-state index contributed by atoms with van der Waals surface area (Å²) in [6.45, 7) is 0.258. The Morgan fingerprint density at radius 2 is 1.95 bits per heavy atom. The van der Waals surface area contributed by atoms with Crippen molar-refractivity contribution in [2.45, 2.75) is 13.0 Å². The van der Waals surface area contributed by atoms with Gasteiger partial charge in [-0.1, -0.05) is 0 Å². The fourth-order valence-corrected chi connectivity index (χ4v) is 2.21. The summed E-state index contributed by atoms with van der Waals surface area (Å²) >= 11 is 0. The van der Waals surface area contributed by atoms with Crippen molar-refractivity contribution in [2.75, 3.05) is 18.6 Å². The molecule has 1 rings (SSSR count). The summed E-state index contributed by atoms with van der Waals surface area (Å²) in [5.41, 5.74) is -0.836. The monoisotopic (exact) mass is 308 g/mol. The zero-order valence-electron chi connectivity index (χ0n) is 10.7. The second-order valence-corrected chi connectivity index (χ2v) is 6.57. The number of hydrogen-bond acceptors (Lipinski definition) is 5. The van der Waals surface area contributed by atoms with E-state index in [-0.39, 0.29) is 17.9 Å². The fraction of sp³-hybridized carbons (Fsp3) is 0.455. The van der Waals surface area contributed by atoms with Crippen LogP contribution in [0.4, 0.5) is 14.5 Å². The minimum atomic E-state index is -3.05. The molecule has 20 heavy (non-hydrogen) atoms. The predicted molar refractivity (Wildman–Crippen MR) is 69.0 cm³/mol. The number of halogens is 2. The van der Waals surface area contributed by atoms with Gasteiger partial charge in [0.1, 0.15) is 15.7 Å². The number of nitrogens with one attached hydrogen (secondary N) is 1. The fourth-order valence-electron chi connectivity index (χ4n) is 1.54. The van der Waals surface area contributed by atoms with E-state index < -0.39 is 32.1 Å². The highest BCUT2D eigenvalue weighted by molar-refractivity contribution is 7.90. The van der Waals surface area contributed by atoms with E-state index in [1.54, 1.807) is 0 Å². The van der Waals surface area contributed by atoms with Gasteiger partial charge in [0, 0.05) is 30.5 Å². The molecule has 0 aromatic heterocycles. The number of sulfone groups is 1. The van der Waals surface area contributed by atoms with Gasteiger partial charge in [0.15, 0.2) is 0 Å². The van der Waals surface area contributed by atoms with Crippen molar-refractivity contribution in [3.05, 3.63) is 39.4 Å². The van der Waals surface area contributed by atoms with Gasteiger partial charge in [-0.05, 0) is 13.0 Å². The Morgan fingerprint density at radius 3 is 2.50 bits per heavy atom. The summed E-state index contributed by atoms with van der Waals surface area (Å²) in [5.74, 6) is -2.12. The van der Waals surface area contributed by atoms with Crippen LogP contribution in [0.2, 0.25) is 0 Å². The van der Waals surface area contributed by atoms with Gasteiger partial charge in [0.05, 0.1) is 10.7 Å². The first kappa shape index (κ1) is 16.4. The van der Waals surface area contributed by atoms with E-state index >= 15 is 0 Å². The topological polar surface area (TPSA) is 89.3 Å². The summed E-state index contributed by atoms with van der Waals surface area (Å²) in [7, 11) is -3.05. The van der Waals surface area contributed by atoms with E-state index in [9.17, 15) is 27.3 Å². The lowest BCUT2D eigenvalue weighted by Crippen LogP contribution is -2.18. The van der Waals surface area contributed by atoms with Gasteiger partial charge in [0.2, 0.25) is 5.82 Å². The average Bonchev–Trinajstić information content (AvgIpc) is 2.29. The highest BCUT2D eigenvalue weighted by atomic mass is 32.2. The third-order valence-corrected chi connectivity index (χ3v) is 3.53. The van der Waals surface area contributed by atoms with Crippen molar-refractivity contribution < 1.29 is 22.1 Å². The van der Waals surface area contributed by atoms with Crippen LogP contribution in [0.15, 0.2) is 12.1 Å². The first-order valence-corrected chi connectivity index (χ1v) is 7.77. The molecule has 0 unspecified atom stereocenters. The standard InChI is InChI=1S/C11H14F2N2O4S/c1-20(18,19)4-2-3-14-7-8-5-11(15(16)17)10(13)6-9(8)12/h5-6,14H,2-4,7H2,1H3. The van der Waals surface area contributed by atoms with Gasteiger partial charge >= 0.3 is 5.69 Å². The van der Waals surface area contributed by atoms with E-state index in [1.165, 1.54) is 0 Å². The normalized spacial score (nSPS) is 11.6. The van der Waals surface area contributed by atoms with Crippen molar-refractivity contribution in [2.24, 2.45) is 0 Å². The molecule has 0 saturated heterocycles. The number of benzene rings is 1. The zero-order valence-corrected chi connectivity index (χ0v) is 11.5. The molecule has 6 nitrogen and oxygen atoms in total. The highest BCUT2D eigenvalue weighted by Crippen LogP contribution is 2.21. The number of hydrogen-bond donors (Lipinski definition) is 1. The molecule has 1 aromatic rings. The van der Waals surface area contributed by atoms with Gasteiger partial charge in [-0.15, -0.1) is 0 Å². The molecule has 0 aliphatic heterocycles. The maximum Gasteiger partial charge on any atom is 0.305 e. The van der Waals surface area contributed by atoms with E-state index in [0.717, 1.165) is 12.3 Å². The van der Waals surface area contributed by atoms with Gasteiger partial charge in [-0.2, -0.15) is 4.39 Å². The Balaban J connectivity index is 2.60. The van der Waals surface area contributed by atoms with Crippen molar-refractivity contribution in [1.29, 1.82) is 0 Å². The molecule has 0 aliphatic carbocycles. The Bertz CT molecular complexity index is 605. The lowest BCUT2D eigenvalue weighted by Gasteiger charge is -2.06. The van der Waals surface area contributed by atoms with Crippen LogP contribution in [0.5, 0.6) is 0 Å². The largest absolute Gasteiger partial charge is 0.313 e. The molecule has 0 radical (unpaired) electrons.